The average Bonchev–Trinajstić information content (AvgIpc) is 2.50. The highest BCUT2D eigenvalue weighted by Gasteiger charge is 2.19. The molecule has 6 heteroatoms. The van der Waals surface area contributed by atoms with Crippen molar-refractivity contribution >= 4 is 15.5 Å². The van der Waals surface area contributed by atoms with Crippen LogP contribution in [0.3, 0.4) is 0 Å². The molecule has 0 atom stereocenters. The van der Waals surface area contributed by atoms with Crippen LogP contribution >= 0.6 is 0 Å². The van der Waals surface area contributed by atoms with Crippen LogP contribution in [0.25, 0.3) is 0 Å². The SMILES string of the molecule is N#Cc1ccc(N2CCCS(=O)(=O)CC2)cc1F. The number of benzene rings is 1. The van der Waals surface area contributed by atoms with Gasteiger partial charge in [0.25, 0.3) is 0 Å². The van der Waals surface area contributed by atoms with E-state index in [1.54, 1.807) is 12.1 Å². The van der Waals surface area contributed by atoms with E-state index in [0.29, 0.717) is 25.2 Å². The van der Waals surface area contributed by atoms with Gasteiger partial charge in [-0.05, 0) is 24.6 Å². The van der Waals surface area contributed by atoms with Crippen molar-refractivity contribution in [3.8, 4) is 6.07 Å². The minimum absolute atomic E-state index is 0.00111. The predicted octanol–water partition coefficient (Wildman–Crippen LogP) is 1.32. The number of nitriles is 1. The molecule has 0 radical (unpaired) electrons. The number of anilines is 1. The molecular formula is C12H13FN2O2S. The third-order valence-electron chi connectivity index (χ3n) is 2.99. The predicted molar refractivity (Wildman–Crippen MR) is 66.6 cm³/mol. The highest BCUT2D eigenvalue weighted by atomic mass is 32.2. The van der Waals surface area contributed by atoms with E-state index in [1.165, 1.54) is 12.1 Å². The number of hydrogen-bond donors (Lipinski definition) is 0. The van der Waals surface area contributed by atoms with Gasteiger partial charge in [-0.3, -0.25) is 0 Å². The molecule has 1 aromatic carbocycles. The zero-order chi connectivity index (χ0) is 13.2. The van der Waals surface area contributed by atoms with Crippen LogP contribution in [0, 0.1) is 17.1 Å². The second-order valence-corrected chi connectivity index (χ2v) is 6.57. The molecule has 4 nitrogen and oxygen atoms in total. The molecule has 0 spiro atoms. The lowest BCUT2D eigenvalue weighted by Gasteiger charge is -2.22. The minimum atomic E-state index is -2.97. The Kier molecular flexibility index (Phi) is 3.53. The van der Waals surface area contributed by atoms with Gasteiger partial charge in [-0.15, -0.1) is 0 Å². The van der Waals surface area contributed by atoms with Crippen molar-refractivity contribution in [3.05, 3.63) is 29.6 Å². The maximum atomic E-state index is 13.5. The van der Waals surface area contributed by atoms with Crippen LogP contribution in [0.15, 0.2) is 18.2 Å². The van der Waals surface area contributed by atoms with Crippen LogP contribution in [0.2, 0.25) is 0 Å². The Morgan fingerprint density at radius 1 is 1.28 bits per heavy atom. The lowest BCUT2D eigenvalue weighted by molar-refractivity contribution is 0.597. The lowest BCUT2D eigenvalue weighted by Crippen LogP contribution is -2.26. The third kappa shape index (κ3) is 2.79. The summed E-state index contributed by atoms with van der Waals surface area (Å²) in [6.45, 7) is 0.957. The molecule has 1 heterocycles. The van der Waals surface area contributed by atoms with E-state index in [2.05, 4.69) is 0 Å². The summed E-state index contributed by atoms with van der Waals surface area (Å²) in [6.07, 6.45) is 0.546. The Bertz CT molecular complexity index is 593. The van der Waals surface area contributed by atoms with Crippen molar-refractivity contribution in [1.82, 2.24) is 0 Å². The van der Waals surface area contributed by atoms with Gasteiger partial charge in [-0.1, -0.05) is 0 Å². The topological polar surface area (TPSA) is 61.2 Å². The number of halogens is 1. The Balaban J connectivity index is 2.22. The summed E-state index contributed by atoms with van der Waals surface area (Å²) < 4.78 is 36.4. The summed E-state index contributed by atoms with van der Waals surface area (Å²) in [7, 11) is -2.97. The summed E-state index contributed by atoms with van der Waals surface area (Å²) in [4.78, 5) is 1.84. The summed E-state index contributed by atoms with van der Waals surface area (Å²) in [6, 6.07) is 6.12. The number of rotatable bonds is 1. The molecule has 0 aromatic heterocycles. The Labute approximate surface area is 106 Å². The first-order chi connectivity index (χ1) is 8.52. The van der Waals surface area contributed by atoms with E-state index in [9.17, 15) is 12.8 Å². The van der Waals surface area contributed by atoms with Gasteiger partial charge in [0, 0.05) is 18.8 Å². The van der Waals surface area contributed by atoms with E-state index in [4.69, 9.17) is 5.26 Å². The standard InChI is InChI=1S/C12H13FN2O2S/c13-12-8-11(3-2-10(12)9-14)15-4-1-6-18(16,17)7-5-15/h2-3,8H,1,4-7H2. The molecule has 0 unspecified atom stereocenters. The molecule has 0 aliphatic carbocycles. The third-order valence-corrected chi connectivity index (χ3v) is 4.71. The fourth-order valence-corrected chi connectivity index (χ4v) is 3.26. The Morgan fingerprint density at radius 3 is 2.72 bits per heavy atom. The van der Waals surface area contributed by atoms with Crippen molar-refractivity contribution in [2.24, 2.45) is 0 Å². The van der Waals surface area contributed by atoms with Gasteiger partial charge in [0.2, 0.25) is 0 Å². The molecule has 1 aliphatic rings. The zero-order valence-corrected chi connectivity index (χ0v) is 10.6. The summed E-state index contributed by atoms with van der Waals surface area (Å²) in [5.41, 5.74) is 0.629. The number of sulfone groups is 1. The van der Waals surface area contributed by atoms with Crippen LogP contribution in [0.4, 0.5) is 10.1 Å². The van der Waals surface area contributed by atoms with E-state index in [1.807, 2.05) is 4.90 Å². The Morgan fingerprint density at radius 2 is 2.06 bits per heavy atom. The first kappa shape index (κ1) is 12.8. The molecule has 0 N–H and O–H groups in total. The zero-order valence-electron chi connectivity index (χ0n) is 9.76. The molecule has 0 saturated carbocycles. The molecule has 2 rings (SSSR count). The smallest absolute Gasteiger partial charge is 0.152 e. The van der Waals surface area contributed by atoms with Crippen LogP contribution < -0.4 is 4.90 Å². The van der Waals surface area contributed by atoms with Gasteiger partial charge in [0.05, 0.1) is 17.1 Å². The minimum Gasteiger partial charge on any atom is -0.370 e. The molecular weight excluding hydrogens is 255 g/mol. The van der Waals surface area contributed by atoms with Gasteiger partial charge >= 0.3 is 0 Å². The average molecular weight is 268 g/mol. The highest BCUT2D eigenvalue weighted by Crippen LogP contribution is 2.20. The normalized spacial score (nSPS) is 19.0. The number of hydrogen-bond acceptors (Lipinski definition) is 4. The molecule has 0 amide bonds. The van der Waals surface area contributed by atoms with Gasteiger partial charge < -0.3 is 4.90 Å². The maximum Gasteiger partial charge on any atom is 0.152 e. The van der Waals surface area contributed by atoms with E-state index >= 15 is 0 Å². The summed E-state index contributed by atoms with van der Waals surface area (Å²) >= 11 is 0. The van der Waals surface area contributed by atoms with Crippen molar-refractivity contribution < 1.29 is 12.8 Å². The van der Waals surface area contributed by atoms with Crippen molar-refractivity contribution in [2.45, 2.75) is 6.42 Å². The molecule has 1 aliphatic heterocycles. The molecule has 96 valence electrons. The molecule has 18 heavy (non-hydrogen) atoms. The highest BCUT2D eigenvalue weighted by molar-refractivity contribution is 7.91. The summed E-state index contributed by atoms with van der Waals surface area (Å²) in [5, 5.41) is 8.65. The van der Waals surface area contributed by atoms with Gasteiger partial charge in [-0.25, -0.2) is 12.8 Å². The lowest BCUT2D eigenvalue weighted by atomic mass is 10.2. The van der Waals surface area contributed by atoms with Crippen molar-refractivity contribution in [2.75, 3.05) is 29.5 Å². The van der Waals surface area contributed by atoms with E-state index < -0.39 is 15.7 Å². The van der Waals surface area contributed by atoms with E-state index in [-0.39, 0.29) is 17.1 Å². The quantitative estimate of drug-likeness (QED) is 0.770. The fraction of sp³-hybridized carbons (Fsp3) is 0.417. The first-order valence-electron chi connectivity index (χ1n) is 5.67. The molecule has 1 saturated heterocycles. The van der Waals surface area contributed by atoms with Crippen molar-refractivity contribution in [3.63, 3.8) is 0 Å². The maximum absolute atomic E-state index is 13.5. The second kappa shape index (κ2) is 4.94. The van der Waals surface area contributed by atoms with Gasteiger partial charge in [0.15, 0.2) is 9.84 Å². The monoisotopic (exact) mass is 268 g/mol. The fourth-order valence-electron chi connectivity index (χ4n) is 1.99. The molecule has 0 bridgehead atoms. The van der Waals surface area contributed by atoms with Gasteiger partial charge in [-0.2, -0.15) is 5.26 Å². The van der Waals surface area contributed by atoms with Crippen LogP contribution in [0.1, 0.15) is 12.0 Å². The second-order valence-electron chi connectivity index (χ2n) is 4.27. The molecule has 1 aromatic rings. The van der Waals surface area contributed by atoms with Crippen molar-refractivity contribution in [1.29, 1.82) is 5.26 Å². The largest absolute Gasteiger partial charge is 0.370 e. The Hall–Kier alpha value is -1.61. The van der Waals surface area contributed by atoms with E-state index in [0.717, 1.165) is 0 Å². The van der Waals surface area contributed by atoms with Gasteiger partial charge in [0.1, 0.15) is 11.9 Å². The molecule has 1 fully saturated rings. The number of nitrogens with zero attached hydrogens (tertiary/aromatic N) is 2. The van der Waals surface area contributed by atoms with Crippen LogP contribution in [-0.2, 0) is 9.84 Å². The van der Waals surface area contributed by atoms with Crippen LogP contribution in [0.5, 0.6) is 0 Å². The van der Waals surface area contributed by atoms with Crippen LogP contribution in [-0.4, -0.2) is 33.0 Å². The first-order valence-corrected chi connectivity index (χ1v) is 7.49. The summed E-state index contributed by atoms with van der Waals surface area (Å²) in [5.74, 6) is -0.293.